The topological polar surface area (TPSA) is 35.2 Å². The summed E-state index contributed by atoms with van der Waals surface area (Å²) < 4.78 is 6.79. The lowest BCUT2D eigenvalue weighted by Crippen LogP contribution is -1.99. The van der Waals surface area contributed by atoms with Gasteiger partial charge in [0, 0.05) is 15.7 Å². The molecule has 0 fully saturated rings. The molecule has 2 rings (SSSR count). The molecule has 88 valence electrons. The second kappa shape index (κ2) is 5.23. The molecule has 0 aromatic heterocycles. The summed E-state index contributed by atoms with van der Waals surface area (Å²) in [7, 11) is 0. The van der Waals surface area contributed by atoms with Gasteiger partial charge in [-0.2, -0.15) is 0 Å². The zero-order chi connectivity index (χ0) is 12.3. The Kier molecular flexibility index (Phi) is 3.69. The van der Waals surface area contributed by atoms with Gasteiger partial charge in [-0.3, -0.25) is 0 Å². The van der Waals surface area contributed by atoms with E-state index in [-0.39, 0.29) is 0 Å². The second-order valence-corrected chi connectivity index (χ2v) is 4.75. The van der Waals surface area contributed by atoms with Crippen molar-refractivity contribution in [2.75, 3.05) is 5.73 Å². The van der Waals surface area contributed by atoms with Gasteiger partial charge in [-0.1, -0.05) is 34.1 Å². The van der Waals surface area contributed by atoms with Gasteiger partial charge in [0.25, 0.3) is 0 Å². The normalized spacial score (nSPS) is 10.2. The van der Waals surface area contributed by atoms with Crippen LogP contribution in [0, 0.1) is 6.92 Å². The zero-order valence-corrected chi connectivity index (χ0v) is 11.2. The summed E-state index contributed by atoms with van der Waals surface area (Å²) in [5, 5.41) is 0. The van der Waals surface area contributed by atoms with E-state index in [0.29, 0.717) is 6.61 Å². The third kappa shape index (κ3) is 3.01. The van der Waals surface area contributed by atoms with Crippen LogP contribution in [0.15, 0.2) is 46.9 Å². The van der Waals surface area contributed by atoms with Crippen molar-refractivity contribution in [3.8, 4) is 5.75 Å². The lowest BCUT2D eigenvalue weighted by molar-refractivity contribution is 0.306. The first-order valence-electron chi connectivity index (χ1n) is 5.39. The van der Waals surface area contributed by atoms with Gasteiger partial charge in [0.05, 0.1) is 0 Å². The van der Waals surface area contributed by atoms with E-state index in [2.05, 4.69) is 15.9 Å². The SMILES string of the molecule is Cc1cc(OCc2ccccc2N)ccc1Br. The number of anilines is 1. The Balaban J connectivity index is 2.08. The number of ether oxygens (including phenoxy) is 1. The van der Waals surface area contributed by atoms with Crippen LogP contribution >= 0.6 is 15.9 Å². The fourth-order valence-electron chi connectivity index (χ4n) is 1.53. The highest BCUT2D eigenvalue weighted by Gasteiger charge is 2.01. The third-order valence-corrected chi connectivity index (χ3v) is 3.47. The van der Waals surface area contributed by atoms with Gasteiger partial charge >= 0.3 is 0 Å². The number of nitrogens with two attached hydrogens (primary N) is 1. The van der Waals surface area contributed by atoms with Crippen molar-refractivity contribution >= 4 is 21.6 Å². The molecular weight excluding hydrogens is 278 g/mol. The Morgan fingerprint density at radius 2 is 1.94 bits per heavy atom. The van der Waals surface area contributed by atoms with Crippen molar-refractivity contribution in [1.82, 2.24) is 0 Å². The summed E-state index contributed by atoms with van der Waals surface area (Å²) in [4.78, 5) is 0. The molecule has 0 bridgehead atoms. The standard InChI is InChI=1S/C14H14BrNO/c1-10-8-12(6-7-13(10)15)17-9-11-4-2-3-5-14(11)16/h2-8H,9,16H2,1H3. The summed E-state index contributed by atoms with van der Waals surface area (Å²) in [5.41, 5.74) is 8.78. The maximum absolute atomic E-state index is 5.85. The quantitative estimate of drug-likeness (QED) is 0.870. The van der Waals surface area contributed by atoms with Crippen LogP contribution in [0.3, 0.4) is 0 Å². The Bertz CT molecular complexity index is 525. The van der Waals surface area contributed by atoms with E-state index >= 15 is 0 Å². The molecule has 0 heterocycles. The number of hydrogen-bond acceptors (Lipinski definition) is 2. The molecule has 0 aliphatic carbocycles. The first-order chi connectivity index (χ1) is 8.16. The largest absolute Gasteiger partial charge is 0.489 e. The highest BCUT2D eigenvalue weighted by Crippen LogP contribution is 2.23. The van der Waals surface area contributed by atoms with Crippen LogP contribution in [-0.2, 0) is 6.61 Å². The van der Waals surface area contributed by atoms with Crippen LogP contribution < -0.4 is 10.5 Å². The summed E-state index contributed by atoms with van der Waals surface area (Å²) in [6.07, 6.45) is 0. The number of hydrogen-bond donors (Lipinski definition) is 1. The molecule has 0 spiro atoms. The van der Waals surface area contributed by atoms with Crippen molar-refractivity contribution in [2.24, 2.45) is 0 Å². The van der Waals surface area contributed by atoms with Crippen LogP contribution in [0.25, 0.3) is 0 Å². The van der Waals surface area contributed by atoms with Crippen LogP contribution in [0.1, 0.15) is 11.1 Å². The minimum Gasteiger partial charge on any atom is -0.489 e. The molecule has 2 aromatic rings. The van der Waals surface area contributed by atoms with E-state index in [4.69, 9.17) is 10.5 Å². The molecule has 0 saturated heterocycles. The number of halogens is 1. The predicted octanol–water partition coefficient (Wildman–Crippen LogP) is 3.92. The number of para-hydroxylation sites is 1. The average Bonchev–Trinajstić information content (AvgIpc) is 2.32. The highest BCUT2D eigenvalue weighted by molar-refractivity contribution is 9.10. The second-order valence-electron chi connectivity index (χ2n) is 3.90. The van der Waals surface area contributed by atoms with Crippen LogP contribution in [0.4, 0.5) is 5.69 Å². The highest BCUT2D eigenvalue weighted by atomic mass is 79.9. The first kappa shape index (κ1) is 12.0. The molecule has 2 nitrogen and oxygen atoms in total. The molecule has 2 N–H and O–H groups in total. The Morgan fingerprint density at radius 3 is 2.65 bits per heavy atom. The molecule has 0 aliphatic rings. The van der Waals surface area contributed by atoms with Crippen molar-refractivity contribution in [2.45, 2.75) is 13.5 Å². The molecule has 2 aromatic carbocycles. The van der Waals surface area contributed by atoms with E-state index in [1.165, 1.54) is 0 Å². The van der Waals surface area contributed by atoms with Crippen molar-refractivity contribution in [3.63, 3.8) is 0 Å². The minimum absolute atomic E-state index is 0.494. The maximum atomic E-state index is 5.85. The van der Waals surface area contributed by atoms with E-state index in [1.54, 1.807) is 0 Å². The number of rotatable bonds is 3. The Hall–Kier alpha value is -1.48. The van der Waals surface area contributed by atoms with E-state index in [0.717, 1.165) is 27.0 Å². The molecule has 0 atom stereocenters. The molecule has 0 radical (unpaired) electrons. The van der Waals surface area contributed by atoms with Gasteiger partial charge in [0.15, 0.2) is 0 Å². The lowest BCUT2D eigenvalue weighted by atomic mass is 10.2. The van der Waals surface area contributed by atoms with Crippen molar-refractivity contribution in [3.05, 3.63) is 58.1 Å². The maximum Gasteiger partial charge on any atom is 0.120 e. The third-order valence-electron chi connectivity index (χ3n) is 2.58. The van der Waals surface area contributed by atoms with Gasteiger partial charge < -0.3 is 10.5 Å². The van der Waals surface area contributed by atoms with Crippen LogP contribution in [0.2, 0.25) is 0 Å². The van der Waals surface area contributed by atoms with Crippen LogP contribution in [-0.4, -0.2) is 0 Å². The van der Waals surface area contributed by atoms with E-state index in [9.17, 15) is 0 Å². The fourth-order valence-corrected chi connectivity index (χ4v) is 1.78. The van der Waals surface area contributed by atoms with Crippen molar-refractivity contribution < 1.29 is 4.74 Å². The van der Waals surface area contributed by atoms with Gasteiger partial charge in [0.2, 0.25) is 0 Å². The average molecular weight is 292 g/mol. The van der Waals surface area contributed by atoms with Gasteiger partial charge in [-0.25, -0.2) is 0 Å². The van der Waals surface area contributed by atoms with E-state index < -0.39 is 0 Å². The smallest absolute Gasteiger partial charge is 0.120 e. The Labute approximate surface area is 110 Å². The van der Waals surface area contributed by atoms with Crippen molar-refractivity contribution in [1.29, 1.82) is 0 Å². The molecule has 0 aliphatic heterocycles. The summed E-state index contributed by atoms with van der Waals surface area (Å²) >= 11 is 3.46. The van der Waals surface area contributed by atoms with Gasteiger partial charge in [-0.15, -0.1) is 0 Å². The summed E-state index contributed by atoms with van der Waals surface area (Å²) in [6, 6.07) is 13.7. The number of benzene rings is 2. The molecule has 17 heavy (non-hydrogen) atoms. The summed E-state index contributed by atoms with van der Waals surface area (Å²) in [6.45, 7) is 2.53. The zero-order valence-electron chi connectivity index (χ0n) is 9.61. The molecule has 0 unspecified atom stereocenters. The Morgan fingerprint density at radius 1 is 1.18 bits per heavy atom. The van der Waals surface area contributed by atoms with Crippen LogP contribution in [0.5, 0.6) is 5.75 Å². The molecule has 3 heteroatoms. The van der Waals surface area contributed by atoms with Gasteiger partial charge in [-0.05, 0) is 36.8 Å². The predicted molar refractivity (Wildman–Crippen MR) is 74.1 cm³/mol. The molecule has 0 amide bonds. The molecular formula is C14H14BrNO. The summed E-state index contributed by atoms with van der Waals surface area (Å²) in [5.74, 6) is 0.856. The lowest BCUT2D eigenvalue weighted by Gasteiger charge is -2.09. The minimum atomic E-state index is 0.494. The number of nitrogen functional groups attached to an aromatic ring is 1. The first-order valence-corrected chi connectivity index (χ1v) is 6.18. The molecule has 0 saturated carbocycles. The fraction of sp³-hybridized carbons (Fsp3) is 0.143. The van der Waals surface area contributed by atoms with E-state index in [1.807, 2.05) is 49.4 Å². The monoisotopic (exact) mass is 291 g/mol. The number of aryl methyl sites for hydroxylation is 1. The van der Waals surface area contributed by atoms with Gasteiger partial charge in [0.1, 0.15) is 12.4 Å².